The fourth-order valence-corrected chi connectivity index (χ4v) is 2.21. The molecule has 1 saturated heterocycles. The predicted molar refractivity (Wildman–Crippen MR) is 52.9 cm³/mol. The van der Waals surface area contributed by atoms with Crippen LogP contribution in [0.15, 0.2) is 0 Å². The maximum atomic E-state index is 11.3. The van der Waals surface area contributed by atoms with E-state index in [1.807, 2.05) is 13.8 Å². The quantitative estimate of drug-likeness (QED) is 0.514. The molecule has 1 rings (SSSR count). The van der Waals surface area contributed by atoms with Gasteiger partial charge in [-0.3, -0.25) is 9.59 Å². The first-order valence-corrected chi connectivity index (χ1v) is 5.35. The van der Waals surface area contributed by atoms with Crippen molar-refractivity contribution < 1.29 is 14.3 Å². The number of Topliss-reactive ketones (excluding diaryl/α,β-unsaturated/α-hetero) is 1. The summed E-state index contributed by atoms with van der Waals surface area (Å²) in [5.74, 6) is -0.314. The van der Waals surface area contributed by atoms with Crippen LogP contribution in [0.1, 0.15) is 52.4 Å². The lowest BCUT2D eigenvalue weighted by molar-refractivity contribution is -0.172. The van der Waals surface area contributed by atoms with Gasteiger partial charge >= 0.3 is 5.97 Å². The Kier molecular flexibility index (Phi) is 3.67. The molecule has 14 heavy (non-hydrogen) atoms. The van der Waals surface area contributed by atoms with Gasteiger partial charge in [-0.05, 0) is 12.8 Å². The van der Waals surface area contributed by atoms with Crippen LogP contribution >= 0.6 is 0 Å². The van der Waals surface area contributed by atoms with Crippen LogP contribution in [-0.4, -0.2) is 17.4 Å². The smallest absolute Gasteiger partial charge is 0.313 e. The van der Waals surface area contributed by atoms with Crippen LogP contribution in [0.5, 0.6) is 0 Å². The maximum Gasteiger partial charge on any atom is 0.313 e. The van der Waals surface area contributed by atoms with E-state index in [0.717, 1.165) is 25.7 Å². The lowest BCUT2D eigenvalue weighted by Gasteiger charge is -2.35. The van der Waals surface area contributed by atoms with Gasteiger partial charge in [-0.1, -0.05) is 26.7 Å². The Morgan fingerprint density at radius 3 is 2.21 bits per heavy atom. The normalized spacial score (nSPS) is 20.7. The predicted octanol–water partition coefficient (Wildman–Crippen LogP) is 2.23. The molecule has 0 saturated carbocycles. The first kappa shape index (κ1) is 11.2. The zero-order valence-electron chi connectivity index (χ0n) is 8.97. The van der Waals surface area contributed by atoms with Crippen LogP contribution in [0.4, 0.5) is 0 Å². The molecule has 3 heteroatoms. The first-order valence-electron chi connectivity index (χ1n) is 5.35. The molecule has 0 aromatic carbocycles. The van der Waals surface area contributed by atoms with E-state index in [2.05, 4.69) is 0 Å². The topological polar surface area (TPSA) is 43.4 Å². The lowest BCUT2D eigenvalue weighted by Crippen LogP contribution is -2.42. The fourth-order valence-electron chi connectivity index (χ4n) is 2.21. The Morgan fingerprint density at radius 1 is 1.21 bits per heavy atom. The molecule has 0 unspecified atom stereocenters. The minimum atomic E-state index is -0.476. The number of ketones is 1. The van der Waals surface area contributed by atoms with Crippen molar-refractivity contribution in [2.45, 2.75) is 58.0 Å². The molecule has 0 bridgehead atoms. The highest BCUT2D eigenvalue weighted by molar-refractivity contribution is 5.98. The second-order valence-electron chi connectivity index (χ2n) is 4.05. The highest BCUT2D eigenvalue weighted by Crippen LogP contribution is 2.32. The van der Waals surface area contributed by atoms with Crippen LogP contribution in [0.3, 0.4) is 0 Å². The molecule has 0 amide bonds. The van der Waals surface area contributed by atoms with Crippen molar-refractivity contribution in [2.75, 3.05) is 0 Å². The number of rotatable bonds is 4. The summed E-state index contributed by atoms with van der Waals surface area (Å²) in [4.78, 5) is 22.5. The summed E-state index contributed by atoms with van der Waals surface area (Å²) < 4.78 is 5.37. The lowest BCUT2D eigenvalue weighted by atomic mass is 9.85. The van der Waals surface area contributed by atoms with Gasteiger partial charge in [-0.25, -0.2) is 0 Å². The van der Waals surface area contributed by atoms with Gasteiger partial charge in [0.1, 0.15) is 17.8 Å². The van der Waals surface area contributed by atoms with E-state index in [1.165, 1.54) is 0 Å². The van der Waals surface area contributed by atoms with Crippen LogP contribution in [0.25, 0.3) is 0 Å². The average Bonchev–Trinajstić information content (AvgIpc) is 2.02. The number of esters is 1. The molecule has 0 N–H and O–H groups in total. The summed E-state index contributed by atoms with van der Waals surface area (Å²) in [5, 5.41) is 0. The molecule has 0 atom stereocenters. The van der Waals surface area contributed by atoms with E-state index in [-0.39, 0.29) is 18.2 Å². The Morgan fingerprint density at radius 2 is 1.79 bits per heavy atom. The van der Waals surface area contributed by atoms with Gasteiger partial charge in [-0.2, -0.15) is 0 Å². The highest BCUT2D eigenvalue weighted by atomic mass is 16.6. The van der Waals surface area contributed by atoms with Gasteiger partial charge in [0.15, 0.2) is 0 Å². The number of ether oxygens (including phenoxy) is 1. The summed E-state index contributed by atoms with van der Waals surface area (Å²) in [7, 11) is 0. The average molecular weight is 198 g/mol. The minimum absolute atomic E-state index is 0.0307. The zero-order valence-corrected chi connectivity index (χ0v) is 8.97. The van der Waals surface area contributed by atoms with Gasteiger partial charge in [0, 0.05) is 6.42 Å². The van der Waals surface area contributed by atoms with Crippen molar-refractivity contribution >= 4 is 11.8 Å². The van der Waals surface area contributed by atoms with Gasteiger partial charge in [-0.15, -0.1) is 0 Å². The molecule has 0 radical (unpaired) electrons. The van der Waals surface area contributed by atoms with Gasteiger partial charge in [0.2, 0.25) is 0 Å². The standard InChI is InChI=1S/C11H18O3/c1-3-5-11(6-4-2)8-9(12)7-10(13)14-11/h3-8H2,1-2H3. The second-order valence-corrected chi connectivity index (χ2v) is 4.05. The van der Waals surface area contributed by atoms with Gasteiger partial charge in [0.25, 0.3) is 0 Å². The van der Waals surface area contributed by atoms with E-state index < -0.39 is 5.60 Å². The van der Waals surface area contributed by atoms with Crippen molar-refractivity contribution in [3.05, 3.63) is 0 Å². The monoisotopic (exact) mass is 198 g/mol. The molecule has 0 aromatic rings. The summed E-state index contributed by atoms with van der Waals surface area (Å²) in [5.41, 5.74) is -0.476. The summed E-state index contributed by atoms with van der Waals surface area (Å²) in [6, 6.07) is 0. The number of hydrogen-bond donors (Lipinski definition) is 0. The molecular weight excluding hydrogens is 180 g/mol. The number of hydrogen-bond acceptors (Lipinski definition) is 3. The van der Waals surface area contributed by atoms with Crippen LogP contribution in [0.2, 0.25) is 0 Å². The third-order valence-electron chi connectivity index (χ3n) is 2.60. The summed E-state index contributed by atoms with van der Waals surface area (Å²) in [6.07, 6.45) is 3.88. The Hall–Kier alpha value is -0.860. The van der Waals surface area contributed by atoms with E-state index >= 15 is 0 Å². The van der Waals surface area contributed by atoms with Crippen molar-refractivity contribution in [1.82, 2.24) is 0 Å². The van der Waals surface area contributed by atoms with E-state index in [1.54, 1.807) is 0 Å². The maximum absolute atomic E-state index is 11.3. The SMILES string of the molecule is CCCC1(CCC)CC(=O)CC(=O)O1. The summed E-state index contributed by atoms with van der Waals surface area (Å²) in [6.45, 7) is 4.09. The number of cyclic esters (lactones) is 1. The molecule has 1 heterocycles. The molecular formula is C11H18O3. The van der Waals surface area contributed by atoms with Crippen molar-refractivity contribution in [3.8, 4) is 0 Å². The molecule has 3 nitrogen and oxygen atoms in total. The molecule has 1 fully saturated rings. The molecule has 80 valence electrons. The third-order valence-corrected chi connectivity index (χ3v) is 2.60. The second kappa shape index (κ2) is 4.58. The molecule has 0 spiro atoms. The first-order chi connectivity index (χ1) is 6.62. The Balaban J connectivity index is 2.73. The van der Waals surface area contributed by atoms with E-state index in [9.17, 15) is 9.59 Å². The minimum Gasteiger partial charge on any atom is -0.458 e. The number of carbonyl (C=O) groups excluding carboxylic acids is 2. The van der Waals surface area contributed by atoms with Gasteiger partial charge < -0.3 is 4.74 Å². The fraction of sp³-hybridized carbons (Fsp3) is 0.818. The molecule has 0 aromatic heterocycles. The van der Waals surface area contributed by atoms with Crippen molar-refractivity contribution in [3.63, 3.8) is 0 Å². The van der Waals surface area contributed by atoms with Gasteiger partial charge in [0.05, 0.1) is 0 Å². The molecule has 1 aliphatic heterocycles. The molecule has 1 aliphatic rings. The van der Waals surface area contributed by atoms with E-state index in [4.69, 9.17) is 4.74 Å². The molecule has 0 aliphatic carbocycles. The highest BCUT2D eigenvalue weighted by Gasteiger charge is 2.39. The van der Waals surface area contributed by atoms with Crippen LogP contribution < -0.4 is 0 Å². The van der Waals surface area contributed by atoms with Crippen LogP contribution in [-0.2, 0) is 14.3 Å². The van der Waals surface area contributed by atoms with Crippen LogP contribution in [0, 0.1) is 0 Å². The Bertz CT molecular complexity index is 209. The third kappa shape index (κ3) is 2.56. The summed E-state index contributed by atoms with van der Waals surface area (Å²) >= 11 is 0. The zero-order chi connectivity index (χ0) is 10.6. The number of carbonyl (C=O) groups is 2. The largest absolute Gasteiger partial charge is 0.458 e. The van der Waals surface area contributed by atoms with E-state index in [0.29, 0.717) is 6.42 Å². The van der Waals surface area contributed by atoms with Crippen molar-refractivity contribution in [1.29, 1.82) is 0 Å². The Labute approximate surface area is 84.8 Å². The van der Waals surface area contributed by atoms with Crippen molar-refractivity contribution in [2.24, 2.45) is 0 Å².